The molecule has 0 spiro atoms. The van der Waals surface area contributed by atoms with Crippen molar-refractivity contribution in [2.24, 2.45) is 5.92 Å². The van der Waals surface area contributed by atoms with E-state index < -0.39 is 0 Å². The molecule has 0 amide bonds. The second kappa shape index (κ2) is 7.15. The highest BCUT2D eigenvalue weighted by molar-refractivity contribution is 6.01. The minimum absolute atomic E-state index is 0.0600. The molecule has 27 heavy (non-hydrogen) atoms. The zero-order valence-corrected chi connectivity index (χ0v) is 15.8. The lowest BCUT2D eigenvalue weighted by molar-refractivity contribution is -0.104. The van der Waals surface area contributed by atoms with Crippen molar-refractivity contribution in [3.63, 3.8) is 0 Å². The number of aryl methyl sites for hydroxylation is 1. The molecule has 138 valence electrons. The van der Waals surface area contributed by atoms with Crippen LogP contribution in [-0.2, 0) is 11.2 Å². The summed E-state index contributed by atoms with van der Waals surface area (Å²) in [4.78, 5) is 12.1. The van der Waals surface area contributed by atoms with Gasteiger partial charge in [0.2, 0.25) is 0 Å². The molecule has 1 atom stereocenters. The van der Waals surface area contributed by atoms with E-state index in [1.807, 2.05) is 0 Å². The van der Waals surface area contributed by atoms with Gasteiger partial charge in [0.05, 0.1) is 6.04 Å². The van der Waals surface area contributed by atoms with E-state index in [-0.39, 0.29) is 17.8 Å². The number of allylic oxidation sites excluding steroid dienone is 3. The van der Waals surface area contributed by atoms with Crippen LogP contribution in [0.25, 0.3) is 5.57 Å². The highest BCUT2D eigenvalue weighted by Gasteiger charge is 2.33. The molecule has 4 rings (SSSR count). The van der Waals surface area contributed by atoms with Crippen molar-refractivity contribution in [2.75, 3.05) is 0 Å². The van der Waals surface area contributed by atoms with Crippen molar-refractivity contribution in [1.82, 2.24) is 5.32 Å². The number of hydrogen-bond acceptors (Lipinski definition) is 2. The summed E-state index contributed by atoms with van der Waals surface area (Å²) in [5.41, 5.74) is 7.45. The number of dihydropyridines is 1. The number of rotatable bonds is 3. The Hall–Kier alpha value is -2.68. The summed E-state index contributed by atoms with van der Waals surface area (Å²) < 4.78 is 13.5. The Morgan fingerprint density at radius 3 is 2.52 bits per heavy atom. The predicted molar refractivity (Wildman–Crippen MR) is 107 cm³/mol. The fourth-order valence-corrected chi connectivity index (χ4v) is 4.38. The van der Waals surface area contributed by atoms with E-state index in [0.717, 1.165) is 42.4 Å². The van der Waals surface area contributed by atoms with Gasteiger partial charge in [0.1, 0.15) is 5.82 Å². The molecule has 0 aromatic heterocycles. The lowest BCUT2D eigenvalue weighted by atomic mass is 9.80. The number of hydrogen-bond donors (Lipinski definition) is 1. The Kier molecular flexibility index (Phi) is 4.69. The van der Waals surface area contributed by atoms with E-state index in [4.69, 9.17) is 0 Å². The van der Waals surface area contributed by atoms with Crippen molar-refractivity contribution in [3.05, 3.63) is 87.9 Å². The van der Waals surface area contributed by atoms with Crippen LogP contribution in [0.5, 0.6) is 0 Å². The van der Waals surface area contributed by atoms with E-state index >= 15 is 0 Å². The highest BCUT2D eigenvalue weighted by atomic mass is 19.1. The maximum Gasteiger partial charge on any atom is 0.152 e. The molecule has 0 radical (unpaired) electrons. The molecule has 2 aromatic rings. The zero-order valence-electron chi connectivity index (χ0n) is 15.8. The van der Waals surface area contributed by atoms with E-state index in [1.165, 1.54) is 28.8 Å². The van der Waals surface area contributed by atoms with Crippen molar-refractivity contribution in [1.29, 1.82) is 0 Å². The topological polar surface area (TPSA) is 29.1 Å². The average molecular weight is 361 g/mol. The van der Waals surface area contributed by atoms with Gasteiger partial charge in [0, 0.05) is 11.3 Å². The molecule has 1 N–H and O–H groups in total. The van der Waals surface area contributed by atoms with Gasteiger partial charge in [0.25, 0.3) is 0 Å². The Bertz CT molecular complexity index is 937. The molecule has 1 heterocycles. The molecule has 2 aliphatic rings. The van der Waals surface area contributed by atoms with Crippen LogP contribution in [0.4, 0.5) is 4.39 Å². The maximum atomic E-state index is 13.5. The van der Waals surface area contributed by atoms with Crippen molar-refractivity contribution in [2.45, 2.75) is 39.2 Å². The predicted octanol–water partition coefficient (Wildman–Crippen LogP) is 5.37. The third kappa shape index (κ3) is 3.12. The van der Waals surface area contributed by atoms with Gasteiger partial charge in [0.15, 0.2) is 6.29 Å². The van der Waals surface area contributed by atoms with E-state index in [9.17, 15) is 9.18 Å². The fraction of sp³-hybridized carbons (Fsp3) is 0.292. The third-order valence-corrected chi connectivity index (χ3v) is 5.62. The van der Waals surface area contributed by atoms with Gasteiger partial charge in [-0.05, 0) is 65.1 Å². The van der Waals surface area contributed by atoms with Crippen molar-refractivity contribution in [3.8, 4) is 0 Å². The minimum atomic E-state index is -0.262. The number of aldehydes is 1. The first-order valence-corrected chi connectivity index (χ1v) is 9.63. The lowest BCUT2D eigenvalue weighted by Gasteiger charge is -2.34. The molecule has 0 fully saturated rings. The molecule has 2 aromatic carbocycles. The molecular formula is C24H24FNO. The third-order valence-electron chi connectivity index (χ3n) is 5.62. The molecule has 0 bridgehead atoms. The molecule has 0 saturated heterocycles. The summed E-state index contributed by atoms with van der Waals surface area (Å²) in [6.45, 7) is 4.20. The van der Waals surface area contributed by atoms with Gasteiger partial charge in [-0.15, -0.1) is 0 Å². The average Bonchev–Trinajstić information content (AvgIpc) is 2.86. The smallest absolute Gasteiger partial charge is 0.152 e. The van der Waals surface area contributed by atoms with Crippen LogP contribution in [0.15, 0.2) is 65.4 Å². The van der Waals surface area contributed by atoms with Gasteiger partial charge in [-0.2, -0.15) is 0 Å². The van der Waals surface area contributed by atoms with Gasteiger partial charge in [-0.25, -0.2) is 4.39 Å². The molecule has 1 unspecified atom stereocenters. The van der Waals surface area contributed by atoms with E-state index in [2.05, 4.69) is 43.4 Å². The fourth-order valence-electron chi connectivity index (χ4n) is 4.38. The molecule has 0 saturated carbocycles. The Morgan fingerprint density at radius 2 is 1.81 bits per heavy atom. The zero-order chi connectivity index (χ0) is 19.0. The van der Waals surface area contributed by atoms with Crippen LogP contribution < -0.4 is 5.32 Å². The first kappa shape index (κ1) is 17.7. The SMILES string of the molecule is CC(C)C1=C(C=O)C(c2ccc(F)cc2)=C2CCCc3ccccc3C2N1. The number of carbonyl (C=O) groups is 1. The van der Waals surface area contributed by atoms with Gasteiger partial charge >= 0.3 is 0 Å². The lowest BCUT2D eigenvalue weighted by Crippen LogP contribution is -2.31. The van der Waals surface area contributed by atoms with Gasteiger partial charge in [-0.3, -0.25) is 4.79 Å². The Morgan fingerprint density at radius 1 is 1.07 bits per heavy atom. The highest BCUT2D eigenvalue weighted by Crippen LogP contribution is 2.44. The standard InChI is InChI=1S/C24H24FNO/c1-15(2)23-21(14-27)22(17-10-12-18(25)13-11-17)20-9-5-7-16-6-3-4-8-19(16)24(20)26-23/h3-4,6,8,10-15,24,26H,5,7,9H2,1-2H3. The number of carbonyl (C=O) groups excluding carboxylic acids is 1. The maximum absolute atomic E-state index is 13.5. The molecular weight excluding hydrogens is 337 g/mol. The second-order valence-electron chi connectivity index (χ2n) is 7.64. The summed E-state index contributed by atoms with van der Waals surface area (Å²) >= 11 is 0. The Labute approximate surface area is 159 Å². The van der Waals surface area contributed by atoms with Crippen molar-refractivity contribution >= 4 is 11.9 Å². The van der Waals surface area contributed by atoms with Crippen LogP contribution >= 0.6 is 0 Å². The first-order chi connectivity index (χ1) is 13.1. The van der Waals surface area contributed by atoms with Crippen LogP contribution in [0.1, 0.15) is 49.4 Å². The number of fused-ring (bicyclic) bond motifs is 3. The summed E-state index contributed by atoms with van der Waals surface area (Å²) in [6, 6.07) is 15.1. The molecule has 3 heteroatoms. The van der Waals surface area contributed by atoms with Crippen molar-refractivity contribution < 1.29 is 9.18 Å². The quantitative estimate of drug-likeness (QED) is 0.745. The minimum Gasteiger partial charge on any atom is -0.377 e. The van der Waals surface area contributed by atoms with E-state index in [1.54, 1.807) is 12.1 Å². The summed E-state index contributed by atoms with van der Waals surface area (Å²) in [7, 11) is 0. The number of nitrogens with one attached hydrogen (secondary N) is 1. The van der Waals surface area contributed by atoms with Crippen LogP contribution in [-0.4, -0.2) is 6.29 Å². The summed E-state index contributed by atoms with van der Waals surface area (Å²) in [5.74, 6) is -0.0700. The number of benzene rings is 2. The first-order valence-electron chi connectivity index (χ1n) is 9.63. The molecule has 1 aliphatic heterocycles. The largest absolute Gasteiger partial charge is 0.377 e. The van der Waals surface area contributed by atoms with Crippen LogP contribution in [0.3, 0.4) is 0 Å². The van der Waals surface area contributed by atoms with E-state index in [0.29, 0.717) is 5.57 Å². The second-order valence-corrected chi connectivity index (χ2v) is 7.64. The number of halogens is 1. The van der Waals surface area contributed by atoms with Gasteiger partial charge < -0.3 is 5.32 Å². The Balaban J connectivity index is 1.99. The molecule has 2 nitrogen and oxygen atoms in total. The van der Waals surface area contributed by atoms with Gasteiger partial charge in [-0.1, -0.05) is 50.2 Å². The molecule has 1 aliphatic carbocycles. The summed E-state index contributed by atoms with van der Waals surface area (Å²) in [6.07, 6.45) is 3.95. The monoisotopic (exact) mass is 361 g/mol. The normalized spacial score (nSPS) is 19.3. The summed E-state index contributed by atoms with van der Waals surface area (Å²) in [5, 5.41) is 3.68. The van der Waals surface area contributed by atoms with Crippen LogP contribution in [0.2, 0.25) is 0 Å². The van der Waals surface area contributed by atoms with Crippen LogP contribution in [0, 0.1) is 11.7 Å².